The number of hydrogen-bond acceptors (Lipinski definition) is 2. The Hall–Kier alpha value is -2.62. The van der Waals surface area contributed by atoms with E-state index in [2.05, 4.69) is 38.1 Å². The van der Waals surface area contributed by atoms with Gasteiger partial charge in [0.2, 0.25) is 11.8 Å². The van der Waals surface area contributed by atoms with Crippen LogP contribution in [0.25, 0.3) is 0 Å². The largest absolute Gasteiger partial charge is 0.339 e. The molecule has 2 aromatic carbocycles. The molecule has 0 aromatic heterocycles. The SMILES string of the molecule is CC(C)c1ccc(CCC(=O)N2CCN(C(=O)Cc3ccccc3)CC2)cc1. The quantitative estimate of drug-likeness (QED) is 0.770. The maximum Gasteiger partial charge on any atom is 0.227 e. The lowest BCUT2D eigenvalue weighted by Gasteiger charge is -2.35. The predicted octanol–water partition coefficient (Wildman–Crippen LogP) is 3.66. The lowest BCUT2D eigenvalue weighted by atomic mass is 10.00. The number of amides is 2. The van der Waals surface area contributed by atoms with Crippen LogP contribution in [0.2, 0.25) is 0 Å². The fourth-order valence-corrected chi connectivity index (χ4v) is 3.57. The Morgan fingerprint density at radius 2 is 1.36 bits per heavy atom. The van der Waals surface area contributed by atoms with E-state index in [1.807, 2.05) is 40.1 Å². The Kier molecular flexibility index (Phi) is 6.85. The monoisotopic (exact) mass is 378 g/mol. The minimum Gasteiger partial charge on any atom is -0.339 e. The van der Waals surface area contributed by atoms with Crippen molar-refractivity contribution >= 4 is 11.8 Å². The summed E-state index contributed by atoms with van der Waals surface area (Å²) in [5, 5.41) is 0. The van der Waals surface area contributed by atoms with E-state index in [1.165, 1.54) is 11.1 Å². The van der Waals surface area contributed by atoms with Crippen molar-refractivity contribution in [2.75, 3.05) is 26.2 Å². The summed E-state index contributed by atoms with van der Waals surface area (Å²) in [4.78, 5) is 28.8. The number of benzene rings is 2. The van der Waals surface area contributed by atoms with E-state index >= 15 is 0 Å². The van der Waals surface area contributed by atoms with Crippen LogP contribution in [-0.4, -0.2) is 47.8 Å². The third kappa shape index (κ3) is 5.44. The Labute approximate surface area is 168 Å². The molecule has 1 aliphatic rings. The number of nitrogens with zero attached hydrogens (tertiary/aromatic N) is 2. The fraction of sp³-hybridized carbons (Fsp3) is 0.417. The molecule has 4 nitrogen and oxygen atoms in total. The van der Waals surface area contributed by atoms with Crippen LogP contribution in [0, 0.1) is 0 Å². The molecule has 0 atom stereocenters. The van der Waals surface area contributed by atoms with Gasteiger partial charge in [-0.05, 0) is 29.0 Å². The molecule has 2 aromatic rings. The van der Waals surface area contributed by atoms with Crippen LogP contribution >= 0.6 is 0 Å². The molecular weight excluding hydrogens is 348 g/mol. The van der Waals surface area contributed by atoms with Gasteiger partial charge in [0.05, 0.1) is 6.42 Å². The Balaban J connectivity index is 1.42. The maximum absolute atomic E-state index is 12.5. The standard InChI is InChI=1S/C24H30N2O2/c1-19(2)22-11-8-20(9-12-22)10-13-23(27)25-14-16-26(17-15-25)24(28)18-21-6-4-3-5-7-21/h3-9,11-12,19H,10,13-18H2,1-2H3. The van der Waals surface area contributed by atoms with Crippen molar-refractivity contribution in [2.45, 2.75) is 39.0 Å². The lowest BCUT2D eigenvalue weighted by molar-refractivity contribution is -0.139. The first-order chi connectivity index (χ1) is 13.5. The number of aryl methyl sites for hydroxylation is 1. The zero-order chi connectivity index (χ0) is 19.9. The molecule has 1 aliphatic heterocycles. The average molecular weight is 379 g/mol. The summed E-state index contributed by atoms with van der Waals surface area (Å²) < 4.78 is 0. The van der Waals surface area contributed by atoms with Gasteiger partial charge in [0.25, 0.3) is 0 Å². The molecule has 0 aliphatic carbocycles. The zero-order valence-electron chi connectivity index (χ0n) is 16.9. The molecule has 148 valence electrons. The van der Waals surface area contributed by atoms with Crippen LogP contribution in [-0.2, 0) is 22.4 Å². The first-order valence-corrected chi connectivity index (χ1v) is 10.2. The summed E-state index contributed by atoms with van der Waals surface area (Å²) in [6.07, 6.45) is 1.73. The topological polar surface area (TPSA) is 40.6 Å². The molecule has 28 heavy (non-hydrogen) atoms. The number of rotatable bonds is 6. The second-order valence-electron chi connectivity index (χ2n) is 7.82. The summed E-state index contributed by atoms with van der Waals surface area (Å²) >= 11 is 0. The number of carbonyl (C=O) groups excluding carboxylic acids is 2. The molecule has 4 heteroatoms. The van der Waals surface area contributed by atoms with Gasteiger partial charge in [0.15, 0.2) is 0 Å². The molecule has 1 heterocycles. The van der Waals surface area contributed by atoms with Gasteiger partial charge in [-0.15, -0.1) is 0 Å². The van der Waals surface area contributed by atoms with E-state index in [-0.39, 0.29) is 11.8 Å². The maximum atomic E-state index is 12.5. The van der Waals surface area contributed by atoms with Crippen LogP contribution in [0.4, 0.5) is 0 Å². The van der Waals surface area contributed by atoms with Crippen LogP contribution < -0.4 is 0 Å². The van der Waals surface area contributed by atoms with Gasteiger partial charge >= 0.3 is 0 Å². The van der Waals surface area contributed by atoms with Gasteiger partial charge in [0, 0.05) is 32.6 Å². The van der Waals surface area contributed by atoms with Crippen LogP contribution in [0.5, 0.6) is 0 Å². The van der Waals surface area contributed by atoms with E-state index < -0.39 is 0 Å². The Morgan fingerprint density at radius 1 is 0.786 bits per heavy atom. The minimum atomic E-state index is 0.142. The van der Waals surface area contributed by atoms with Crippen molar-refractivity contribution in [3.8, 4) is 0 Å². The normalized spacial score (nSPS) is 14.4. The van der Waals surface area contributed by atoms with Gasteiger partial charge in [0.1, 0.15) is 0 Å². The predicted molar refractivity (Wildman–Crippen MR) is 112 cm³/mol. The number of piperazine rings is 1. The van der Waals surface area contributed by atoms with Crippen molar-refractivity contribution in [1.29, 1.82) is 0 Å². The molecule has 0 bridgehead atoms. The molecule has 1 fully saturated rings. The smallest absolute Gasteiger partial charge is 0.227 e. The zero-order valence-corrected chi connectivity index (χ0v) is 16.9. The average Bonchev–Trinajstić information content (AvgIpc) is 2.73. The van der Waals surface area contributed by atoms with Gasteiger partial charge in [-0.25, -0.2) is 0 Å². The summed E-state index contributed by atoms with van der Waals surface area (Å²) in [7, 11) is 0. The molecule has 0 N–H and O–H groups in total. The molecule has 2 amide bonds. The molecule has 0 saturated carbocycles. The highest BCUT2D eigenvalue weighted by Crippen LogP contribution is 2.16. The molecule has 0 radical (unpaired) electrons. The highest BCUT2D eigenvalue weighted by Gasteiger charge is 2.23. The minimum absolute atomic E-state index is 0.142. The summed E-state index contributed by atoms with van der Waals surface area (Å²) in [5.41, 5.74) is 3.57. The van der Waals surface area contributed by atoms with Crippen molar-refractivity contribution in [1.82, 2.24) is 9.80 Å². The third-order valence-electron chi connectivity index (χ3n) is 5.46. The van der Waals surface area contributed by atoms with E-state index in [0.29, 0.717) is 44.9 Å². The summed E-state index contributed by atoms with van der Waals surface area (Å²) in [6, 6.07) is 18.4. The van der Waals surface area contributed by atoms with Gasteiger partial charge in [-0.2, -0.15) is 0 Å². The van der Waals surface area contributed by atoms with Crippen LogP contribution in [0.3, 0.4) is 0 Å². The molecular formula is C24H30N2O2. The summed E-state index contributed by atoms with van der Waals surface area (Å²) in [5.74, 6) is 0.850. The number of hydrogen-bond donors (Lipinski definition) is 0. The second-order valence-corrected chi connectivity index (χ2v) is 7.82. The Morgan fingerprint density at radius 3 is 1.93 bits per heavy atom. The van der Waals surface area contributed by atoms with Crippen molar-refractivity contribution in [3.63, 3.8) is 0 Å². The summed E-state index contributed by atoms with van der Waals surface area (Å²) in [6.45, 7) is 6.88. The van der Waals surface area contributed by atoms with Crippen molar-refractivity contribution in [2.24, 2.45) is 0 Å². The molecule has 0 spiro atoms. The first-order valence-electron chi connectivity index (χ1n) is 10.2. The molecule has 3 rings (SSSR count). The first kappa shape index (κ1) is 20.1. The van der Waals surface area contributed by atoms with Gasteiger partial charge < -0.3 is 9.80 Å². The van der Waals surface area contributed by atoms with Crippen LogP contribution in [0.15, 0.2) is 54.6 Å². The van der Waals surface area contributed by atoms with Crippen molar-refractivity contribution in [3.05, 3.63) is 71.3 Å². The van der Waals surface area contributed by atoms with Crippen molar-refractivity contribution < 1.29 is 9.59 Å². The highest BCUT2D eigenvalue weighted by molar-refractivity contribution is 5.80. The second kappa shape index (κ2) is 9.54. The third-order valence-corrected chi connectivity index (χ3v) is 5.46. The van der Waals surface area contributed by atoms with Crippen LogP contribution in [0.1, 0.15) is 42.9 Å². The lowest BCUT2D eigenvalue weighted by Crippen LogP contribution is -2.51. The fourth-order valence-electron chi connectivity index (χ4n) is 3.57. The van der Waals surface area contributed by atoms with Gasteiger partial charge in [-0.3, -0.25) is 9.59 Å². The molecule has 1 saturated heterocycles. The van der Waals surface area contributed by atoms with Gasteiger partial charge in [-0.1, -0.05) is 68.4 Å². The van der Waals surface area contributed by atoms with E-state index in [4.69, 9.17) is 0 Å². The molecule has 0 unspecified atom stereocenters. The van der Waals surface area contributed by atoms with E-state index in [0.717, 1.165) is 12.0 Å². The van der Waals surface area contributed by atoms with E-state index in [1.54, 1.807) is 0 Å². The van der Waals surface area contributed by atoms with E-state index in [9.17, 15) is 9.59 Å². The highest BCUT2D eigenvalue weighted by atomic mass is 16.2. The number of carbonyl (C=O) groups is 2. The Bertz CT molecular complexity index is 776.